The van der Waals surface area contributed by atoms with Crippen LogP contribution in [0.25, 0.3) is 0 Å². The van der Waals surface area contributed by atoms with E-state index in [-0.39, 0.29) is 25.7 Å². The monoisotopic (exact) mass is 1420 g/mol. The van der Waals surface area contributed by atoms with Crippen molar-refractivity contribution in [2.75, 3.05) is 39.6 Å². The van der Waals surface area contributed by atoms with Gasteiger partial charge in [-0.15, -0.1) is 0 Å². The Morgan fingerprint density at radius 3 is 0.784 bits per heavy atom. The second-order valence-corrected chi connectivity index (χ2v) is 31.7. The van der Waals surface area contributed by atoms with Crippen molar-refractivity contribution < 1.29 is 80.2 Å². The highest BCUT2D eigenvalue weighted by Crippen LogP contribution is 2.45. The molecule has 0 radical (unpaired) electrons. The first kappa shape index (κ1) is 95.1. The van der Waals surface area contributed by atoms with E-state index < -0.39 is 97.5 Å². The molecule has 0 spiro atoms. The van der Waals surface area contributed by atoms with Gasteiger partial charge < -0.3 is 33.8 Å². The minimum Gasteiger partial charge on any atom is -0.462 e. The summed E-state index contributed by atoms with van der Waals surface area (Å²) in [7, 11) is -9.91. The van der Waals surface area contributed by atoms with E-state index in [0.717, 1.165) is 108 Å². The Morgan fingerprint density at radius 1 is 0.299 bits per heavy atom. The SMILES string of the molecule is CCCCCCCCCCCCCCCCCCCCCCC(=O)O[C@H](COC(=O)CCCCCCCCCCCCCCCCCC)COP(=O)(O)OC[C@@H](O)COP(=O)(O)OC[C@@H](COC(=O)CCCCCCCCC(C)CC)OC(=O)CCCCCCCCCCC(C)C. The van der Waals surface area contributed by atoms with Gasteiger partial charge in [0.2, 0.25) is 0 Å². The van der Waals surface area contributed by atoms with Crippen LogP contribution < -0.4 is 0 Å². The molecule has 19 heteroatoms. The Hall–Kier alpha value is -1.94. The molecule has 6 atom stereocenters. The highest BCUT2D eigenvalue weighted by molar-refractivity contribution is 7.47. The normalized spacial score (nSPS) is 14.2. The maximum absolute atomic E-state index is 13.1. The van der Waals surface area contributed by atoms with Gasteiger partial charge >= 0.3 is 39.5 Å². The molecule has 0 saturated carbocycles. The Labute approximate surface area is 594 Å². The van der Waals surface area contributed by atoms with Gasteiger partial charge in [-0.05, 0) is 37.5 Å². The summed E-state index contributed by atoms with van der Waals surface area (Å²) in [6.07, 6.45) is 58.5. The lowest BCUT2D eigenvalue weighted by Gasteiger charge is -2.21. The van der Waals surface area contributed by atoms with Crippen LogP contribution in [-0.4, -0.2) is 96.7 Å². The summed E-state index contributed by atoms with van der Waals surface area (Å²) in [5.41, 5.74) is 0. The second kappa shape index (κ2) is 69.8. The fourth-order valence-corrected chi connectivity index (χ4v) is 13.6. The van der Waals surface area contributed by atoms with Crippen molar-refractivity contribution in [2.24, 2.45) is 11.8 Å². The van der Waals surface area contributed by atoms with Gasteiger partial charge in [-0.25, -0.2) is 9.13 Å². The third kappa shape index (κ3) is 70.9. The topological polar surface area (TPSA) is 237 Å². The van der Waals surface area contributed by atoms with Crippen molar-refractivity contribution in [3.05, 3.63) is 0 Å². The molecule has 0 aromatic rings. The Bertz CT molecular complexity index is 1870. The van der Waals surface area contributed by atoms with Crippen molar-refractivity contribution >= 4 is 39.5 Å². The molecule has 17 nitrogen and oxygen atoms in total. The smallest absolute Gasteiger partial charge is 0.462 e. The minimum atomic E-state index is -4.96. The average Bonchev–Trinajstić information content (AvgIpc) is 1.92. The number of phosphoric acid groups is 2. The van der Waals surface area contributed by atoms with Gasteiger partial charge in [-0.3, -0.25) is 37.3 Å². The van der Waals surface area contributed by atoms with Gasteiger partial charge in [-0.2, -0.15) is 0 Å². The summed E-state index contributed by atoms with van der Waals surface area (Å²) in [4.78, 5) is 72.8. The van der Waals surface area contributed by atoms with E-state index in [1.165, 1.54) is 218 Å². The summed E-state index contributed by atoms with van der Waals surface area (Å²) in [5.74, 6) is -0.667. The van der Waals surface area contributed by atoms with Gasteiger partial charge in [0.1, 0.15) is 19.3 Å². The molecule has 576 valence electrons. The van der Waals surface area contributed by atoms with Crippen molar-refractivity contribution in [1.82, 2.24) is 0 Å². The van der Waals surface area contributed by atoms with E-state index in [1.807, 2.05) is 0 Å². The largest absolute Gasteiger partial charge is 0.472 e. The zero-order valence-electron chi connectivity index (χ0n) is 63.4. The van der Waals surface area contributed by atoms with Gasteiger partial charge in [0.25, 0.3) is 0 Å². The van der Waals surface area contributed by atoms with E-state index >= 15 is 0 Å². The number of aliphatic hydroxyl groups excluding tert-OH is 1. The third-order valence-corrected chi connectivity index (χ3v) is 20.5. The molecule has 97 heavy (non-hydrogen) atoms. The molecule has 0 amide bonds. The number of aliphatic hydroxyl groups is 1. The molecule has 3 unspecified atom stereocenters. The third-order valence-electron chi connectivity index (χ3n) is 18.6. The first-order valence-corrected chi connectivity index (χ1v) is 43.5. The molecule has 0 aliphatic carbocycles. The molecular weight excluding hydrogens is 1270 g/mol. The van der Waals surface area contributed by atoms with Crippen molar-refractivity contribution in [3.8, 4) is 0 Å². The number of ether oxygens (including phenoxy) is 4. The van der Waals surface area contributed by atoms with Crippen molar-refractivity contribution in [3.63, 3.8) is 0 Å². The minimum absolute atomic E-state index is 0.104. The summed E-state index contributed by atoms with van der Waals surface area (Å²) in [5, 5.41) is 10.6. The lowest BCUT2D eigenvalue weighted by Crippen LogP contribution is -2.30. The van der Waals surface area contributed by atoms with E-state index in [9.17, 15) is 43.2 Å². The highest BCUT2D eigenvalue weighted by Gasteiger charge is 2.30. The summed E-state index contributed by atoms with van der Waals surface area (Å²) >= 11 is 0. The maximum atomic E-state index is 13.1. The molecule has 0 aromatic carbocycles. The number of carbonyl (C=O) groups is 4. The fourth-order valence-electron chi connectivity index (χ4n) is 12.0. The van der Waals surface area contributed by atoms with Gasteiger partial charge in [0.05, 0.1) is 26.4 Å². The molecule has 0 aliphatic heterocycles. The predicted octanol–water partition coefficient (Wildman–Crippen LogP) is 23.1. The molecule has 3 N–H and O–H groups in total. The molecule has 0 bridgehead atoms. The molecule has 0 aromatic heterocycles. The van der Waals surface area contributed by atoms with Crippen LogP contribution in [-0.2, 0) is 65.4 Å². The van der Waals surface area contributed by atoms with Crippen LogP contribution in [0.5, 0.6) is 0 Å². The predicted molar refractivity (Wildman–Crippen MR) is 395 cm³/mol. The lowest BCUT2D eigenvalue weighted by molar-refractivity contribution is -0.161. The van der Waals surface area contributed by atoms with Crippen LogP contribution in [0.15, 0.2) is 0 Å². The van der Waals surface area contributed by atoms with E-state index in [1.54, 1.807) is 0 Å². The van der Waals surface area contributed by atoms with E-state index in [4.69, 9.17) is 37.0 Å². The quantitative estimate of drug-likeness (QED) is 0.0222. The fraction of sp³-hybridized carbons (Fsp3) is 0.949. The van der Waals surface area contributed by atoms with Crippen LogP contribution >= 0.6 is 15.6 Å². The summed E-state index contributed by atoms with van der Waals surface area (Å²) in [6.45, 7) is 9.53. The average molecular weight is 1420 g/mol. The number of rotatable bonds is 77. The first-order chi connectivity index (χ1) is 46.9. The van der Waals surface area contributed by atoms with Crippen LogP contribution in [0.2, 0.25) is 0 Å². The van der Waals surface area contributed by atoms with Crippen LogP contribution in [0.4, 0.5) is 0 Å². The first-order valence-electron chi connectivity index (χ1n) is 40.5. The standard InChI is InChI=1S/C78H152O17P2/c1-7-10-12-14-16-18-20-22-24-26-27-28-29-31-33-35-37-42-50-56-62-77(82)94-73(66-88-75(80)60-54-48-41-36-34-32-30-25-23-21-19-17-15-13-11-8-2)68-92-96(84,85)90-64-72(79)65-91-97(86,87)93-69-74(67-89-76(81)61-55-49-45-44-47-53-59-71(6)9-3)95-78(83)63-57-51-43-39-38-40-46-52-58-70(4)5/h70-74,79H,7-69H2,1-6H3,(H,84,85)(H,86,87)/t71?,72-,73-,74-/m1/s1. The van der Waals surface area contributed by atoms with Crippen LogP contribution in [0, 0.1) is 11.8 Å². The zero-order valence-corrected chi connectivity index (χ0v) is 65.2. The van der Waals surface area contributed by atoms with Gasteiger partial charge in [0.15, 0.2) is 12.2 Å². The number of esters is 4. The number of hydrogen-bond acceptors (Lipinski definition) is 15. The van der Waals surface area contributed by atoms with Gasteiger partial charge in [0, 0.05) is 25.7 Å². The molecule has 0 heterocycles. The van der Waals surface area contributed by atoms with Crippen molar-refractivity contribution in [1.29, 1.82) is 0 Å². The highest BCUT2D eigenvalue weighted by atomic mass is 31.2. The Balaban J connectivity index is 5.22. The molecule has 0 rings (SSSR count). The molecule has 0 aliphatic rings. The number of hydrogen-bond donors (Lipinski definition) is 3. The van der Waals surface area contributed by atoms with Crippen molar-refractivity contribution in [2.45, 2.75) is 426 Å². The van der Waals surface area contributed by atoms with E-state index in [2.05, 4.69) is 41.5 Å². The Kier molecular flexibility index (Phi) is 68.4. The van der Waals surface area contributed by atoms with E-state index in [0.29, 0.717) is 25.7 Å². The number of carbonyl (C=O) groups excluding carboxylic acids is 4. The second-order valence-electron chi connectivity index (χ2n) is 28.8. The maximum Gasteiger partial charge on any atom is 0.472 e. The number of phosphoric ester groups is 2. The summed E-state index contributed by atoms with van der Waals surface area (Å²) in [6, 6.07) is 0. The van der Waals surface area contributed by atoms with Crippen LogP contribution in [0.3, 0.4) is 0 Å². The number of unbranched alkanes of at least 4 members (excludes halogenated alkanes) is 46. The summed E-state index contributed by atoms with van der Waals surface area (Å²) < 4.78 is 68.6. The zero-order chi connectivity index (χ0) is 71.4. The van der Waals surface area contributed by atoms with Gasteiger partial charge in [-0.1, -0.05) is 356 Å². The molecule has 0 saturated heterocycles. The molecular formula is C78H152O17P2. The molecule has 0 fully saturated rings. The Morgan fingerprint density at radius 2 is 0.526 bits per heavy atom. The lowest BCUT2D eigenvalue weighted by atomic mass is 10.00. The van der Waals surface area contributed by atoms with Crippen LogP contribution in [0.1, 0.15) is 408 Å².